The molecule has 0 radical (unpaired) electrons. The van der Waals surface area contributed by atoms with E-state index in [1.807, 2.05) is 11.8 Å². The molecule has 2 aliphatic rings. The molecule has 1 N–H and O–H groups in total. The minimum absolute atomic E-state index is 0.573. The van der Waals surface area contributed by atoms with Gasteiger partial charge in [-0.15, -0.1) is 11.8 Å². The third kappa shape index (κ3) is 2.33. The van der Waals surface area contributed by atoms with E-state index < -0.39 is 0 Å². The SMILES string of the molecule is CC1CCCC(NC2CSc3ccccc32)C1C. The maximum absolute atomic E-state index is 3.93. The lowest BCUT2D eigenvalue weighted by Crippen LogP contribution is -2.42. The Balaban J connectivity index is 1.71. The third-order valence-electron chi connectivity index (χ3n) is 4.82. The number of hydrogen-bond donors (Lipinski definition) is 1. The van der Waals surface area contributed by atoms with Crippen molar-refractivity contribution in [2.75, 3.05) is 5.75 Å². The highest BCUT2D eigenvalue weighted by molar-refractivity contribution is 7.99. The Morgan fingerprint density at radius 3 is 2.89 bits per heavy atom. The van der Waals surface area contributed by atoms with Crippen molar-refractivity contribution in [3.05, 3.63) is 29.8 Å². The molecule has 2 heteroatoms. The number of fused-ring (bicyclic) bond motifs is 1. The summed E-state index contributed by atoms with van der Waals surface area (Å²) in [4.78, 5) is 1.48. The maximum atomic E-state index is 3.93. The normalized spacial score (nSPS) is 35.4. The van der Waals surface area contributed by atoms with Gasteiger partial charge in [0.2, 0.25) is 0 Å². The Morgan fingerprint density at radius 1 is 1.17 bits per heavy atom. The maximum Gasteiger partial charge on any atom is 0.0428 e. The fourth-order valence-electron chi connectivity index (χ4n) is 3.38. The van der Waals surface area contributed by atoms with Gasteiger partial charge in [-0.2, -0.15) is 0 Å². The second-order valence-corrected chi connectivity index (χ2v) is 7.00. The average Bonchev–Trinajstić information content (AvgIpc) is 2.79. The molecule has 1 nitrogen and oxygen atoms in total. The van der Waals surface area contributed by atoms with Crippen LogP contribution in [0, 0.1) is 11.8 Å². The van der Waals surface area contributed by atoms with Gasteiger partial charge in [0.1, 0.15) is 0 Å². The molecule has 0 aromatic heterocycles. The Morgan fingerprint density at radius 2 is 2.00 bits per heavy atom. The minimum atomic E-state index is 0.573. The molecule has 4 atom stereocenters. The molecule has 0 bridgehead atoms. The number of benzene rings is 1. The zero-order valence-corrected chi connectivity index (χ0v) is 12.2. The number of nitrogens with one attached hydrogen (secondary N) is 1. The zero-order chi connectivity index (χ0) is 12.5. The lowest BCUT2D eigenvalue weighted by atomic mass is 9.77. The van der Waals surface area contributed by atoms with E-state index in [-0.39, 0.29) is 0 Å². The van der Waals surface area contributed by atoms with Gasteiger partial charge in [-0.3, -0.25) is 0 Å². The highest BCUT2D eigenvalue weighted by atomic mass is 32.2. The Kier molecular flexibility index (Phi) is 3.67. The van der Waals surface area contributed by atoms with Crippen molar-refractivity contribution in [3.8, 4) is 0 Å². The van der Waals surface area contributed by atoms with Gasteiger partial charge in [0.15, 0.2) is 0 Å². The van der Waals surface area contributed by atoms with E-state index in [0.717, 1.165) is 11.8 Å². The average molecular weight is 261 g/mol. The Bertz CT molecular complexity index is 417. The molecule has 1 heterocycles. The predicted molar refractivity (Wildman–Crippen MR) is 79.0 cm³/mol. The van der Waals surface area contributed by atoms with Gasteiger partial charge >= 0.3 is 0 Å². The molecule has 1 aromatic rings. The van der Waals surface area contributed by atoms with Crippen LogP contribution in [0.4, 0.5) is 0 Å². The smallest absolute Gasteiger partial charge is 0.0428 e. The highest BCUT2D eigenvalue weighted by Gasteiger charge is 2.31. The van der Waals surface area contributed by atoms with Crippen molar-refractivity contribution < 1.29 is 0 Å². The summed E-state index contributed by atoms with van der Waals surface area (Å²) >= 11 is 2.00. The highest BCUT2D eigenvalue weighted by Crippen LogP contribution is 2.39. The topological polar surface area (TPSA) is 12.0 Å². The number of thioether (sulfide) groups is 1. The molecule has 1 aliphatic heterocycles. The lowest BCUT2D eigenvalue weighted by Gasteiger charge is -2.36. The fourth-order valence-corrected chi connectivity index (χ4v) is 4.55. The molecule has 1 saturated carbocycles. The molecule has 1 aromatic carbocycles. The Labute approximate surface area is 115 Å². The van der Waals surface area contributed by atoms with E-state index in [2.05, 4.69) is 43.4 Å². The van der Waals surface area contributed by atoms with Crippen LogP contribution in [0.25, 0.3) is 0 Å². The van der Waals surface area contributed by atoms with Crippen LogP contribution in [-0.2, 0) is 0 Å². The summed E-state index contributed by atoms with van der Waals surface area (Å²) in [6.45, 7) is 4.84. The number of hydrogen-bond acceptors (Lipinski definition) is 2. The largest absolute Gasteiger partial charge is 0.306 e. The molecule has 1 fully saturated rings. The monoisotopic (exact) mass is 261 g/mol. The van der Waals surface area contributed by atoms with E-state index in [4.69, 9.17) is 0 Å². The van der Waals surface area contributed by atoms with Crippen LogP contribution in [0.2, 0.25) is 0 Å². The quantitative estimate of drug-likeness (QED) is 0.854. The second kappa shape index (κ2) is 5.26. The van der Waals surface area contributed by atoms with Crippen LogP contribution in [0.3, 0.4) is 0 Å². The van der Waals surface area contributed by atoms with Crippen LogP contribution in [0.15, 0.2) is 29.2 Å². The third-order valence-corrected chi connectivity index (χ3v) is 6.00. The molecule has 1 aliphatic carbocycles. The van der Waals surface area contributed by atoms with E-state index >= 15 is 0 Å². The molecule has 3 rings (SSSR count). The predicted octanol–water partition coefficient (Wildman–Crippen LogP) is 4.25. The molecule has 0 amide bonds. The minimum Gasteiger partial charge on any atom is -0.306 e. The van der Waals surface area contributed by atoms with Crippen molar-refractivity contribution in [1.82, 2.24) is 5.32 Å². The molecule has 18 heavy (non-hydrogen) atoms. The summed E-state index contributed by atoms with van der Waals surface area (Å²) in [6, 6.07) is 10.2. The van der Waals surface area contributed by atoms with Gasteiger partial charge in [0.25, 0.3) is 0 Å². The van der Waals surface area contributed by atoms with E-state index in [1.165, 1.54) is 35.5 Å². The van der Waals surface area contributed by atoms with Crippen molar-refractivity contribution in [3.63, 3.8) is 0 Å². The van der Waals surface area contributed by atoms with Crippen LogP contribution >= 0.6 is 11.8 Å². The van der Waals surface area contributed by atoms with Crippen LogP contribution < -0.4 is 5.32 Å². The lowest BCUT2D eigenvalue weighted by molar-refractivity contribution is 0.197. The van der Waals surface area contributed by atoms with Crippen LogP contribution in [0.1, 0.15) is 44.7 Å². The van der Waals surface area contributed by atoms with E-state index in [9.17, 15) is 0 Å². The first-order valence-corrected chi connectivity index (χ1v) is 8.22. The number of rotatable bonds is 2. The van der Waals surface area contributed by atoms with Crippen LogP contribution in [-0.4, -0.2) is 11.8 Å². The first-order chi connectivity index (χ1) is 8.75. The van der Waals surface area contributed by atoms with Gasteiger partial charge in [0.05, 0.1) is 0 Å². The fraction of sp³-hybridized carbons (Fsp3) is 0.625. The van der Waals surface area contributed by atoms with E-state index in [0.29, 0.717) is 12.1 Å². The van der Waals surface area contributed by atoms with Crippen molar-refractivity contribution >= 4 is 11.8 Å². The first kappa shape index (κ1) is 12.6. The van der Waals surface area contributed by atoms with Gasteiger partial charge in [-0.25, -0.2) is 0 Å². The van der Waals surface area contributed by atoms with Gasteiger partial charge in [-0.05, 0) is 29.9 Å². The van der Waals surface area contributed by atoms with Gasteiger partial charge < -0.3 is 5.32 Å². The first-order valence-electron chi connectivity index (χ1n) is 7.23. The summed E-state index contributed by atoms with van der Waals surface area (Å²) in [5.74, 6) is 2.90. The van der Waals surface area contributed by atoms with Crippen molar-refractivity contribution in [2.45, 2.75) is 50.1 Å². The summed E-state index contributed by atoms with van der Waals surface area (Å²) in [7, 11) is 0. The molecule has 98 valence electrons. The Hall–Kier alpha value is -0.470. The summed E-state index contributed by atoms with van der Waals surface area (Å²) < 4.78 is 0. The summed E-state index contributed by atoms with van der Waals surface area (Å²) in [5, 5.41) is 3.93. The molecule has 4 unspecified atom stereocenters. The van der Waals surface area contributed by atoms with Crippen molar-refractivity contribution in [1.29, 1.82) is 0 Å². The standard InChI is InChI=1S/C16H23NS/c1-11-6-5-8-14(12(11)2)17-15-10-18-16-9-4-3-7-13(15)16/h3-4,7,9,11-12,14-15,17H,5-6,8,10H2,1-2H3. The molecule has 0 saturated heterocycles. The van der Waals surface area contributed by atoms with E-state index in [1.54, 1.807) is 0 Å². The second-order valence-electron chi connectivity index (χ2n) is 5.94. The van der Waals surface area contributed by atoms with Gasteiger partial charge in [0, 0.05) is 22.7 Å². The van der Waals surface area contributed by atoms with Gasteiger partial charge in [-0.1, -0.05) is 44.9 Å². The molecular weight excluding hydrogens is 238 g/mol. The van der Waals surface area contributed by atoms with Crippen LogP contribution in [0.5, 0.6) is 0 Å². The zero-order valence-electron chi connectivity index (χ0n) is 11.4. The summed E-state index contributed by atoms with van der Waals surface area (Å²) in [6.07, 6.45) is 4.16. The molecular formula is C16H23NS. The van der Waals surface area contributed by atoms with Crippen molar-refractivity contribution in [2.24, 2.45) is 11.8 Å². The summed E-state index contributed by atoms with van der Waals surface area (Å²) in [5.41, 5.74) is 1.52. The molecule has 0 spiro atoms.